The number of benzene rings is 1. The highest BCUT2D eigenvalue weighted by atomic mass is 19.1. The first kappa shape index (κ1) is 14.3. The Hall–Kier alpha value is -1.68. The summed E-state index contributed by atoms with van der Waals surface area (Å²) in [5.41, 5.74) is 7.95. The topological polar surface area (TPSA) is 54.7 Å². The minimum absolute atomic E-state index is 0.232. The molecule has 3 rings (SSSR count). The molecule has 3 N–H and O–H groups in total. The van der Waals surface area contributed by atoms with Gasteiger partial charge in [0.15, 0.2) is 0 Å². The molecule has 1 aliphatic carbocycles. The van der Waals surface area contributed by atoms with Gasteiger partial charge in [0.05, 0.1) is 17.4 Å². The molecule has 1 saturated carbocycles. The second-order valence-electron chi connectivity index (χ2n) is 6.27. The molecule has 1 fully saturated rings. The smallest absolute Gasteiger partial charge is 0.126 e. The van der Waals surface area contributed by atoms with Gasteiger partial charge in [-0.05, 0) is 55.5 Å². The third kappa shape index (κ3) is 2.86. The normalized spacial score (nSPS) is 19.4. The Morgan fingerprint density at radius 3 is 2.52 bits per heavy atom. The number of nitrogens with zero attached hydrogens (tertiary/aromatic N) is 1. The van der Waals surface area contributed by atoms with Crippen molar-refractivity contribution < 1.29 is 4.39 Å². The summed E-state index contributed by atoms with van der Waals surface area (Å²) < 4.78 is 13.0. The first-order valence-electron chi connectivity index (χ1n) is 7.67. The molecule has 4 heteroatoms. The Labute approximate surface area is 124 Å². The number of hydrogen-bond acceptors (Lipinski definition) is 2. The summed E-state index contributed by atoms with van der Waals surface area (Å²) in [4.78, 5) is 7.82. The Balaban J connectivity index is 1.84. The Morgan fingerprint density at radius 1 is 1.19 bits per heavy atom. The summed E-state index contributed by atoms with van der Waals surface area (Å²) in [7, 11) is 0. The van der Waals surface area contributed by atoms with E-state index in [1.807, 2.05) is 0 Å². The Morgan fingerprint density at radius 2 is 1.86 bits per heavy atom. The lowest BCUT2D eigenvalue weighted by Crippen LogP contribution is -2.43. The van der Waals surface area contributed by atoms with Crippen LogP contribution in [0.2, 0.25) is 0 Å². The molecule has 1 aromatic carbocycles. The molecule has 3 nitrogen and oxygen atoms in total. The van der Waals surface area contributed by atoms with Crippen molar-refractivity contribution >= 4 is 0 Å². The summed E-state index contributed by atoms with van der Waals surface area (Å²) in [6.07, 6.45) is 7.94. The van der Waals surface area contributed by atoms with Crippen LogP contribution < -0.4 is 5.73 Å². The van der Waals surface area contributed by atoms with Crippen molar-refractivity contribution in [3.8, 4) is 11.3 Å². The fourth-order valence-corrected chi connectivity index (χ4v) is 3.27. The predicted molar refractivity (Wildman–Crippen MR) is 82.1 cm³/mol. The van der Waals surface area contributed by atoms with E-state index in [9.17, 15) is 4.39 Å². The SMILES string of the molecule is CC(N)(c1ncc(-c2ccc(F)cc2)[nH]1)C1CCCCC1. The van der Waals surface area contributed by atoms with Crippen LogP contribution in [0.5, 0.6) is 0 Å². The van der Waals surface area contributed by atoms with E-state index < -0.39 is 5.54 Å². The molecule has 0 amide bonds. The zero-order valence-electron chi connectivity index (χ0n) is 12.4. The third-order valence-corrected chi connectivity index (χ3v) is 4.69. The Kier molecular flexibility index (Phi) is 3.81. The minimum atomic E-state index is -0.432. The van der Waals surface area contributed by atoms with Crippen molar-refractivity contribution in [2.75, 3.05) is 0 Å². The van der Waals surface area contributed by atoms with Crippen molar-refractivity contribution in [3.63, 3.8) is 0 Å². The number of nitrogens with two attached hydrogens (primary N) is 1. The highest BCUT2D eigenvalue weighted by Gasteiger charge is 2.35. The van der Waals surface area contributed by atoms with Crippen molar-refractivity contribution in [1.29, 1.82) is 0 Å². The maximum absolute atomic E-state index is 13.0. The molecular weight excluding hydrogens is 265 g/mol. The molecule has 1 aromatic heterocycles. The molecule has 1 aliphatic rings. The highest BCUT2D eigenvalue weighted by molar-refractivity contribution is 5.58. The van der Waals surface area contributed by atoms with Crippen molar-refractivity contribution in [3.05, 3.63) is 42.1 Å². The molecule has 112 valence electrons. The molecule has 2 aromatic rings. The molecular formula is C17H22FN3. The fraction of sp³-hybridized carbons (Fsp3) is 0.471. The largest absolute Gasteiger partial charge is 0.340 e. The van der Waals surface area contributed by atoms with E-state index in [-0.39, 0.29) is 5.82 Å². The van der Waals surface area contributed by atoms with Crippen LogP contribution in [0.4, 0.5) is 4.39 Å². The summed E-state index contributed by atoms with van der Waals surface area (Å²) in [6, 6.07) is 6.42. The fourth-order valence-electron chi connectivity index (χ4n) is 3.27. The van der Waals surface area contributed by atoms with E-state index in [2.05, 4.69) is 16.9 Å². The number of H-pyrrole nitrogens is 1. The minimum Gasteiger partial charge on any atom is -0.340 e. The van der Waals surface area contributed by atoms with Gasteiger partial charge < -0.3 is 10.7 Å². The Bertz CT molecular complexity index is 595. The van der Waals surface area contributed by atoms with E-state index in [1.54, 1.807) is 18.3 Å². The van der Waals surface area contributed by atoms with Crippen LogP contribution in [0.3, 0.4) is 0 Å². The van der Waals surface area contributed by atoms with E-state index in [0.29, 0.717) is 5.92 Å². The van der Waals surface area contributed by atoms with E-state index >= 15 is 0 Å². The molecule has 0 radical (unpaired) electrons. The number of imidazole rings is 1. The lowest BCUT2D eigenvalue weighted by molar-refractivity contribution is 0.215. The lowest BCUT2D eigenvalue weighted by Gasteiger charge is -2.35. The number of hydrogen-bond donors (Lipinski definition) is 2. The van der Waals surface area contributed by atoms with Gasteiger partial charge in [0.2, 0.25) is 0 Å². The predicted octanol–water partition coefficient (Wildman–Crippen LogP) is 3.97. The van der Waals surface area contributed by atoms with Gasteiger partial charge >= 0.3 is 0 Å². The van der Waals surface area contributed by atoms with Gasteiger partial charge in [-0.15, -0.1) is 0 Å². The van der Waals surface area contributed by atoms with Gasteiger partial charge in [0.25, 0.3) is 0 Å². The standard InChI is InChI=1S/C17H22FN3/c1-17(19,13-5-3-2-4-6-13)16-20-11-15(21-16)12-7-9-14(18)10-8-12/h7-11,13H,2-6,19H2,1H3,(H,20,21). The van der Waals surface area contributed by atoms with Crippen LogP contribution in [0.15, 0.2) is 30.5 Å². The van der Waals surface area contributed by atoms with Gasteiger partial charge in [-0.1, -0.05) is 19.3 Å². The zero-order valence-corrected chi connectivity index (χ0v) is 12.4. The van der Waals surface area contributed by atoms with Crippen molar-refractivity contribution in [2.24, 2.45) is 11.7 Å². The number of aromatic amines is 1. The van der Waals surface area contributed by atoms with Gasteiger partial charge in [0.1, 0.15) is 11.6 Å². The summed E-state index contributed by atoms with van der Waals surface area (Å²) >= 11 is 0. The molecule has 0 saturated heterocycles. The van der Waals surface area contributed by atoms with E-state index in [4.69, 9.17) is 5.73 Å². The summed E-state index contributed by atoms with van der Waals surface area (Å²) in [6.45, 7) is 2.07. The number of aromatic nitrogens is 2. The third-order valence-electron chi connectivity index (χ3n) is 4.69. The van der Waals surface area contributed by atoms with Gasteiger partial charge in [-0.2, -0.15) is 0 Å². The van der Waals surface area contributed by atoms with E-state index in [1.165, 1.54) is 44.2 Å². The highest BCUT2D eigenvalue weighted by Crippen LogP contribution is 2.36. The first-order valence-corrected chi connectivity index (χ1v) is 7.67. The second kappa shape index (κ2) is 5.60. The van der Waals surface area contributed by atoms with Crippen LogP contribution in [0, 0.1) is 11.7 Å². The first-order chi connectivity index (χ1) is 10.1. The van der Waals surface area contributed by atoms with Crippen LogP contribution in [-0.2, 0) is 5.54 Å². The van der Waals surface area contributed by atoms with Gasteiger partial charge in [0, 0.05) is 0 Å². The quantitative estimate of drug-likeness (QED) is 0.897. The molecule has 1 heterocycles. The number of halogens is 1. The van der Waals surface area contributed by atoms with Gasteiger partial charge in [-0.3, -0.25) is 0 Å². The number of nitrogens with one attached hydrogen (secondary N) is 1. The van der Waals surface area contributed by atoms with Crippen LogP contribution in [0.1, 0.15) is 44.9 Å². The molecule has 1 unspecified atom stereocenters. The van der Waals surface area contributed by atoms with Gasteiger partial charge in [-0.25, -0.2) is 9.37 Å². The summed E-state index contributed by atoms with van der Waals surface area (Å²) in [5, 5.41) is 0. The monoisotopic (exact) mass is 287 g/mol. The zero-order chi connectivity index (χ0) is 14.9. The van der Waals surface area contributed by atoms with Crippen molar-refractivity contribution in [2.45, 2.75) is 44.6 Å². The molecule has 1 atom stereocenters. The van der Waals surface area contributed by atoms with Crippen molar-refractivity contribution in [1.82, 2.24) is 9.97 Å². The van der Waals surface area contributed by atoms with Crippen LogP contribution in [-0.4, -0.2) is 9.97 Å². The molecule has 0 aliphatic heterocycles. The second-order valence-corrected chi connectivity index (χ2v) is 6.27. The summed E-state index contributed by atoms with van der Waals surface area (Å²) in [5.74, 6) is 1.07. The molecule has 0 spiro atoms. The molecule has 21 heavy (non-hydrogen) atoms. The maximum atomic E-state index is 13.0. The van der Waals surface area contributed by atoms with Crippen LogP contribution in [0.25, 0.3) is 11.3 Å². The molecule has 0 bridgehead atoms. The maximum Gasteiger partial charge on any atom is 0.126 e. The van der Waals surface area contributed by atoms with E-state index in [0.717, 1.165) is 17.1 Å². The average Bonchev–Trinajstić information content (AvgIpc) is 2.99. The number of rotatable bonds is 3. The lowest BCUT2D eigenvalue weighted by atomic mass is 9.76. The van der Waals surface area contributed by atoms with Crippen LogP contribution >= 0.6 is 0 Å². The average molecular weight is 287 g/mol.